The largest absolute Gasteiger partial charge is 0.348 e. The molecule has 0 radical (unpaired) electrons. The van der Waals surface area contributed by atoms with Crippen molar-refractivity contribution in [3.63, 3.8) is 0 Å². The highest BCUT2D eigenvalue weighted by Gasteiger charge is 2.11. The van der Waals surface area contributed by atoms with E-state index >= 15 is 0 Å². The molecule has 2 aromatic heterocycles. The van der Waals surface area contributed by atoms with E-state index in [0.717, 1.165) is 11.4 Å². The summed E-state index contributed by atoms with van der Waals surface area (Å²) in [5, 5.41) is 6.73. The summed E-state index contributed by atoms with van der Waals surface area (Å²) >= 11 is 1.57. The fourth-order valence-electron chi connectivity index (χ4n) is 2.19. The standard InChI is InChI=1S/C17H18N4O2S/c1-21-9-5-8-14(21)17-19-16(23-20-17)10-18-15(22)12-24-11-13-6-3-2-4-7-13/h2-9H,10-12H2,1H3,(H,18,22). The number of nitrogens with one attached hydrogen (secondary N) is 1. The number of nitrogens with zero attached hydrogens (tertiary/aromatic N) is 3. The predicted octanol–water partition coefficient (Wildman–Crippen LogP) is 2.62. The molecule has 1 aromatic carbocycles. The molecule has 0 bridgehead atoms. The first-order chi connectivity index (χ1) is 11.7. The third-order valence-corrected chi connectivity index (χ3v) is 4.43. The Morgan fingerprint density at radius 3 is 2.83 bits per heavy atom. The highest BCUT2D eigenvalue weighted by molar-refractivity contribution is 7.99. The van der Waals surface area contributed by atoms with Gasteiger partial charge in [-0.25, -0.2) is 0 Å². The van der Waals surface area contributed by atoms with E-state index in [4.69, 9.17) is 4.52 Å². The summed E-state index contributed by atoms with van der Waals surface area (Å²) in [6.07, 6.45) is 1.91. The highest BCUT2D eigenvalue weighted by Crippen LogP contribution is 2.15. The highest BCUT2D eigenvalue weighted by atomic mass is 32.2. The third kappa shape index (κ3) is 4.26. The normalized spacial score (nSPS) is 10.7. The Hall–Kier alpha value is -2.54. The molecule has 2 heterocycles. The van der Waals surface area contributed by atoms with Gasteiger partial charge in [-0.2, -0.15) is 4.98 Å². The van der Waals surface area contributed by atoms with Crippen molar-refractivity contribution in [2.24, 2.45) is 7.05 Å². The van der Waals surface area contributed by atoms with Crippen LogP contribution in [0.5, 0.6) is 0 Å². The van der Waals surface area contributed by atoms with Crippen LogP contribution in [0.15, 0.2) is 53.2 Å². The van der Waals surface area contributed by atoms with E-state index in [1.54, 1.807) is 11.8 Å². The molecule has 0 spiro atoms. The maximum atomic E-state index is 11.9. The van der Waals surface area contributed by atoms with Crippen LogP contribution in [0.2, 0.25) is 0 Å². The fraction of sp³-hybridized carbons (Fsp3) is 0.235. The minimum absolute atomic E-state index is 0.0467. The molecule has 6 nitrogen and oxygen atoms in total. The number of carbonyl (C=O) groups excluding carboxylic acids is 1. The summed E-state index contributed by atoms with van der Waals surface area (Å²) < 4.78 is 7.08. The summed E-state index contributed by atoms with van der Waals surface area (Å²) in [6, 6.07) is 13.9. The lowest BCUT2D eigenvalue weighted by molar-refractivity contribution is -0.118. The van der Waals surface area contributed by atoms with E-state index in [0.29, 0.717) is 17.5 Å². The Morgan fingerprint density at radius 1 is 1.25 bits per heavy atom. The van der Waals surface area contributed by atoms with Crippen molar-refractivity contribution in [2.45, 2.75) is 12.3 Å². The van der Waals surface area contributed by atoms with Gasteiger partial charge in [-0.05, 0) is 17.7 Å². The molecule has 0 saturated heterocycles. The molecule has 7 heteroatoms. The maximum absolute atomic E-state index is 11.9. The van der Waals surface area contributed by atoms with Crippen LogP contribution >= 0.6 is 11.8 Å². The van der Waals surface area contributed by atoms with Gasteiger partial charge in [0, 0.05) is 19.0 Å². The van der Waals surface area contributed by atoms with Gasteiger partial charge in [0.25, 0.3) is 0 Å². The number of benzene rings is 1. The second-order valence-electron chi connectivity index (χ2n) is 5.27. The molecule has 1 N–H and O–H groups in total. The second-order valence-corrected chi connectivity index (χ2v) is 6.26. The summed E-state index contributed by atoms with van der Waals surface area (Å²) in [6.45, 7) is 0.238. The van der Waals surface area contributed by atoms with Crippen LogP contribution in [-0.2, 0) is 24.1 Å². The first-order valence-electron chi connectivity index (χ1n) is 7.55. The first-order valence-corrected chi connectivity index (χ1v) is 8.70. The Morgan fingerprint density at radius 2 is 2.08 bits per heavy atom. The Balaban J connectivity index is 1.43. The third-order valence-electron chi connectivity index (χ3n) is 3.42. The number of amides is 1. The molecule has 0 unspecified atom stereocenters. The minimum Gasteiger partial charge on any atom is -0.348 e. The van der Waals surface area contributed by atoms with E-state index in [-0.39, 0.29) is 12.5 Å². The molecule has 1 amide bonds. The number of rotatable bonds is 7. The van der Waals surface area contributed by atoms with Gasteiger partial charge < -0.3 is 14.4 Å². The van der Waals surface area contributed by atoms with Crippen LogP contribution in [-0.4, -0.2) is 26.4 Å². The summed E-state index contributed by atoms with van der Waals surface area (Å²) in [7, 11) is 1.91. The van der Waals surface area contributed by atoms with Crippen LogP contribution in [0.4, 0.5) is 0 Å². The number of aromatic nitrogens is 3. The molecule has 3 rings (SSSR count). The molecule has 0 aliphatic heterocycles. The van der Waals surface area contributed by atoms with Gasteiger partial charge in [0.15, 0.2) is 0 Å². The average Bonchev–Trinajstić information content (AvgIpc) is 3.22. The number of thioether (sulfide) groups is 1. The maximum Gasteiger partial charge on any atom is 0.246 e. The first kappa shape index (κ1) is 16.3. The van der Waals surface area contributed by atoms with E-state index in [2.05, 4.69) is 27.6 Å². The van der Waals surface area contributed by atoms with Gasteiger partial charge in [-0.1, -0.05) is 35.5 Å². The summed E-state index contributed by atoms with van der Waals surface area (Å²) in [5.41, 5.74) is 2.08. The average molecular weight is 342 g/mol. The molecule has 3 aromatic rings. The predicted molar refractivity (Wildman–Crippen MR) is 93.2 cm³/mol. The fourth-order valence-corrected chi connectivity index (χ4v) is 3.00. The van der Waals surface area contributed by atoms with Crippen molar-refractivity contribution in [3.8, 4) is 11.5 Å². The van der Waals surface area contributed by atoms with E-state index in [1.807, 2.05) is 48.1 Å². The number of aryl methyl sites for hydroxylation is 1. The zero-order valence-corrected chi connectivity index (χ0v) is 14.1. The zero-order valence-electron chi connectivity index (χ0n) is 13.3. The number of hydrogen-bond donors (Lipinski definition) is 1. The van der Waals surface area contributed by atoms with Gasteiger partial charge in [-0.3, -0.25) is 4.79 Å². The van der Waals surface area contributed by atoms with E-state index in [1.165, 1.54) is 5.56 Å². The monoisotopic (exact) mass is 342 g/mol. The zero-order chi connectivity index (χ0) is 16.8. The van der Waals surface area contributed by atoms with Crippen molar-refractivity contribution in [2.75, 3.05) is 5.75 Å². The lowest BCUT2D eigenvalue weighted by Gasteiger charge is -2.03. The van der Waals surface area contributed by atoms with Crippen LogP contribution in [0, 0.1) is 0 Å². The SMILES string of the molecule is Cn1cccc1-c1noc(CNC(=O)CSCc2ccccc2)n1. The van der Waals surface area contributed by atoms with Gasteiger partial charge >= 0.3 is 0 Å². The van der Waals surface area contributed by atoms with Gasteiger partial charge in [0.1, 0.15) is 0 Å². The smallest absolute Gasteiger partial charge is 0.246 e. The van der Waals surface area contributed by atoms with Crippen molar-refractivity contribution in [3.05, 3.63) is 60.1 Å². The molecule has 24 heavy (non-hydrogen) atoms. The Bertz CT molecular complexity index is 798. The Kier molecular flexibility index (Phi) is 5.32. The molecule has 124 valence electrons. The minimum atomic E-state index is -0.0467. The van der Waals surface area contributed by atoms with Crippen LogP contribution in [0.25, 0.3) is 11.5 Å². The molecular formula is C17H18N4O2S. The lowest BCUT2D eigenvalue weighted by atomic mass is 10.2. The van der Waals surface area contributed by atoms with Crippen molar-refractivity contribution < 1.29 is 9.32 Å². The molecular weight excluding hydrogens is 324 g/mol. The van der Waals surface area contributed by atoms with Crippen LogP contribution in [0.3, 0.4) is 0 Å². The molecule has 0 aliphatic rings. The van der Waals surface area contributed by atoms with E-state index in [9.17, 15) is 4.79 Å². The van der Waals surface area contributed by atoms with Crippen LogP contribution in [0.1, 0.15) is 11.5 Å². The van der Waals surface area contributed by atoms with Crippen molar-refractivity contribution >= 4 is 17.7 Å². The summed E-state index contributed by atoms with van der Waals surface area (Å²) in [5.74, 6) is 2.08. The summed E-state index contributed by atoms with van der Waals surface area (Å²) in [4.78, 5) is 16.2. The van der Waals surface area contributed by atoms with Crippen molar-refractivity contribution in [1.82, 2.24) is 20.0 Å². The van der Waals surface area contributed by atoms with Gasteiger partial charge in [0.2, 0.25) is 17.6 Å². The molecule has 0 atom stereocenters. The van der Waals surface area contributed by atoms with E-state index < -0.39 is 0 Å². The molecule has 0 aliphatic carbocycles. The Labute approximate surface area is 144 Å². The van der Waals surface area contributed by atoms with Crippen LogP contribution < -0.4 is 5.32 Å². The number of carbonyl (C=O) groups is 1. The van der Waals surface area contributed by atoms with Gasteiger partial charge in [0.05, 0.1) is 18.0 Å². The number of hydrogen-bond acceptors (Lipinski definition) is 5. The molecule has 0 saturated carbocycles. The topological polar surface area (TPSA) is 73.0 Å². The lowest BCUT2D eigenvalue weighted by Crippen LogP contribution is -2.24. The molecule has 0 fully saturated rings. The quantitative estimate of drug-likeness (QED) is 0.714. The van der Waals surface area contributed by atoms with Crippen molar-refractivity contribution in [1.29, 1.82) is 0 Å². The second kappa shape index (κ2) is 7.83. The van der Waals surface area contributed by atoms with Gasteiger partial charge in [-0.15, -0.1) is 11.8 Å².